The average molecular weight is 456 g/mol. The number of carbonyl (C=O) groups is 1. The maximum Gasteiger partial charge on any atom is 0.322 e. The van der Waals surface area contributed by atoms with Gasteiger partial charge in [0, 0.05) is 30.7 Å². The lowest BCUT2D eigenvalue weighted by Crippen LogP contribution is -2.42. The van der Waals surface area contributed by atoms with Crippen LogP contribution in [0.1, 0.15) is 71.9 Å². The number of urea groups is 1. The molecular weight excluding hydrogens is 418 g/mol. The molecule has 4 rings (SSSR count). The van der Waals surface area contributed by atoms with Gasteiger partial charge in [-0.1, -0.05) is 73.7 Å². The van der Waals surface area contributed by atoms with Crippen molar-refractivity contribution in [3.8, 4) is 0 Å². The Kier molecular flexibility index (Phi) is 7.99. The molecule has 0 bridgehead atoms. The monoisotopic (exact) mass is 455 g/mol. The largest absolute Gasteiger partial charge is 0.322 e. The molecule has 1 heterocycles. The number of nitrogens with one attached hydrogen (secondary N) is 1. The number of rotatable bonds is 6. The van der Waals surface area contributed by atoms with Crippen LogP contribution in [0.4, 0.5) is 10.5 Å². The van der Waals surface area contributed by atoms with E-state index in [0.717, 1.165) is 36.1 Å². The topological polar surface area (TPSA) is 45.2 Å². The van der Waals surface area contributed by atoms with E-state index in [-0.39, 0.29) is 12.1 Å². The van der Waals surface area contributed by atoms with Gasteiger partial charge in [0.05, 0.1) is 0 Å². The highest BCUT2D eigenvalue weighted by molar-refractivity contribution is 5.91. The Labute approximate surface area is 204 Å². The second-order valence-electron chi connectivity index (χ2n) is 9.83. The molecule has 0 aliphatic heterocycles. The molecule has 0 radical (unpaired) electrons. The lowest BCUT2D eigenvalue weighted by atomic mass is 10.0. The summed E-state index contributed by atoms with van der Waals surface area (Å²) in [6.45, 7) is 6.88. The number of hydrogen-bond donors (Lipinski definition) is 1. The molecule has 0 unspecified atom stereocenters. The summed E-state index contributed by atoms with van der Waals surface area (Å²) < 4.78 is 0. The van der Waals surface area contributed by atoms with Crippen molar-refractivity contribution in [1.82, 2.24) is 9.88 Å². The van der Waals surface area contributed by atoms with E-state index in [2.05, 4.69) is 78.4 Å². The Morgan fingerprint density at radius 1 is 0.912 bits per heavy atom. The van der Waals surface area contributed by atoms with Gasteiger partial charge in [0.15, 0.2) is 0 Å². The molecule has 3 aromatic rings. The summed E-state index contributed by atoms with van der Waals surface area (Å²) in [5, 5.41) is 3.27. The van der Waals surface area contributed by atoms with E-state index < -0.39 is 0 Å². The molecule has 4 heteroatoms. The molecule has 0 atom stereocenters. The summed E-state index contributed by atoms with van der Waals surface area (Å²) >= 11 is 0. The van der Waals surface area contributed by atoms with Crippen molar-refractivity contribution >= 4 is 11.7 Å². The summed E-state index contributed by atoms with van der Waals surface area (Å²) in [6, 6.07) is 17.4. The van der Waals surface area contributed by atoms with Crippen LogP contribution in [0.3, 0.4) is 0 Å². The highest BCUT2D eigenvalue weighted by Gasteiger charge is 2.25. The van der Waals surface area contributed by atoms with Gasteiger partial charge < -0.3 is 10.2 Å². The number of anilines is 1. The Morgan fingerprint density at radius 2 is 1.56 bits per heavy atom. The van der Waals surface area contributed by atoms with Gasteiger partial charge in [-0.25, -0.2) is 4.79 Å². The first-order valence-electron chi connectivity index (χ1n) is 12.6. The minimum absolute atomic E-state index is 0.0152. The first kappa shape index (κ1) is 24.0. The maximum atomic E-state index is 13.6. The molecule has 0 spiro atoms. The molecule has 1 aromatic heterocycles. The fourth-order valence-corrected chi connectivity index (χ4v) is 5.19. The van der Waals surface area contributed by atoms with Crippen molar-refractivity contribution in [2.45, 2.75) is 78.3 Å². The van der Waals surface area contributed by atoms with Crippen LogP contribution in [0, 0.1) is 20.8 Å². The molecule has 1 aliphatic rings. The Morgan fingerprint density at radius 3 is 2.18 bits per heavy atom. The van der Waals surface area contributed by atoms with Crippen LogP contribution in [0.2, 0.25) is 0 Å². The number of benzene rings is 2. The standard InChI is InChI=1S/C30H37N3O/c1-22-17-23(2)29(24(3)18-22)32-30(34)33(28-10-6-4-5-7-11-28)21-26-14-12-25(13-15-26)19-27-9-8-16-31-20-27/h8-9,12-18,20,28H,4-7,10-11,19,21H2,1-3H3,(H,32,34). The van der Waals surface area contributed by atoms with E-state index in [1.54, 1.807) is 6.20 Å². The quantitative estimate of drug-likeness (QED) is 0.395. The summed E-state index contributed by atoms with van der Waals surface area (Å²) in [5.74, 6) is 0. The van der Waals surface area contributed by atoms with E-state index in [9.17, 15) is 4.79 Å². The lowest BCUT2D eigenvalue weighted by molar-refractivity contribution is 0.175. The predicted octanol–water partition coefficient (Wildman–Crippen LogP) is 7.35. The molecule has 1 N–H and O–H groups in total. The SMILES string of the molecule is Cc1cc(C)c(NC(=O)N(Cc2ccc(Cc3cccnc3)cc2)C2CCCCCC2)c(C)c1. The van der Waals surface area contributed by atoms with E-state index in [1.807, 2.05) is 12.3 Å². The highest BCUT2D eigenvalue weighted by atomic mass is 16.2. The van der Waals surface area contributed by atoms with E-state index in [0.29, 0.717) is 6.54 Å². The van der Waals surface area contributed by atoms with Gasteiger partial charge in [0.1, 0.15) is 0 Å². The molecule has 1 aliphatic carbocycles. The molecule has 2 amide bonds. The molecule has 4 nitrogen and oxygen atoms in total. The number of aryl methyl sites for hydroxylation is 3. The lowest BCUT2D eigenvalue weighted by Gasteiger charge is -2.32. The first-order valence-corrected chi connectivity index (χ1v) is 12.6. The summed E-state index contributed by atoms with van der Waals surface area (Å²) in [6.07, 6.45) is 11.7. The molecule has 1 fully saturated rings. The van der Waals surface area contributed by atoms with Gasteiger partial charge in [-0.2, -0.15) is 0 Å². The smallest absolute Gasteiger partial charge is 0.317 e. The van der Waals surface area contributed by atoms with Crippen LogP contribution in [0.25, 0.3) is 0 Å². The molecular formula is C30H37N3O. The van der Waals surface area contributed by atoms with Crippen molar-refractivity contribution in [1.29, 1.82) is 0 Å². The molecule has 178 valence electrons. The normalized spacial score (nSPS) is 14.4. The van der Waals surface area contributed by atoms with Crippen LogP contribution >= 0.6 is 0 Å². The number of amides is 2. The van der Waals surface area contributed by atoms with Crippen LogP contribution < -0.4 is 5.32 Å². The Balaban J connectivity index is 1.52. The second-order valence-corrected chi connectivity index (χ2v) is 9.83. The molecule has 2 aromatic carbocycles. The van der Waals surface area contributed by atoms with Crippen molar-refractivity contribution in [3.63, 3.8) is 0 Å². The zero-order valence-corrected chi connectivity index (χ0v) is 20.8. The van der Waals surface area contributed by atoms with Gasteiger partial charge in [-0.3, -0.25) is 4.98 Å². The van der Waals surface area contributed by atoms with Gasteiger partial charge in [-0.15, -0.1) is 0 Å². The minimum Gasteiger partial charge on any atom is -0.317 e. The summed E-state index contributed by atoms with van der Waals surface area (Å²) in [4.78, 5) is 19.9. The van der Waals surface area contributed by atoms with E-state index in [1.165, 1.54) is 47.9 Å². The van der Waals surface area contributed by atoms with Crippen LogP contribution in [-0.4, -0.2) is 22.0 Å². The fourth-order valence-electron chi connectivity index (χ4n) is 5.19. The molecule has 34 heavy (non-hydrogen) atoms. The third kappa shape index (κ3) is 6.25. The van der Waals surface area contributed by atoms with E-state index >= 15 is 0 Å². The third-order valence-corrected chi connectivity index (χ3v) is 6.94. The zero-order valence-electron chi connectivity index (χ0n) is 20.8. The minimum atomic E-state index is 0.0152. The summed E-state index contributed by atoms with van der Waals surface area (Å²) in [5.41, 5.74) is 8.04. The van der Waals surface area contributed by atoms with Gasteiger partial charge in [0.25, 0.3) is 0 Å². The van der Waals surface area contributed by atoms with Crippen LogP contribution in [0.5, 0.6) is 0 Å². The number of nitrogens with zero attached hydrogens (tertiary/aromatic N) is 2. The maximum absolute atomic E-state index is 13.6. The van der Waals surface area contributed by atoms with Gasteiger partial charge in [0.2, 0.25) is 0 Å². The van der Waals surface area contributed by atoms with Gasteiger partial charge >= 0.3 is 6.03 Å². The van der Waals surface area contributed by atoms with Crippen LogP contribution in [0.15, 0.2) is 60.9 Å². The first-order chi connectivity index (χ1) is 16.5. The Hall–Kier alpha value is -3.14. The molecule has 0 saturated heterocycles. The third-order valence-electron chi connectivity index (χ3n) is 6.94. The van der Waals surface area contributed by atoms with Crippen molar-refractivity contribution in [3.05, 3.63) is 94.3 Å². The molecule has 1 saturated carbocycles. The zero-order chi connectivity index (χ0) is 23.9. The number of aromatic nitrogens is 1. The fraction of sp³-hybridized carbons (Fsp3) is 0.400. The van der Waals surface area contributed by atoms with E-state index in [4.69, 9.17) is 0 Å². The number of pyridine rings is 1. The predicted molar refractivity (Wildman–Crippen MR) is 140 cm³/mol. The van der Waals surface area contributed by atoms with Gasteiger partial charge in [-0.05, 0) is 73.9 Å². The highest BCUT2D eigenvalue weighted by Crippen LogP contribution is 2.27. The van der Waals surface area contributed by atoms with Crippen LogP contribution in [-0.2, 0) is 13.0 Å². The van der Waals surface area contributed by atoms with Crippen molar-refractivity contribution < 1.29 is 4.79 Å². The van der Waals surface area contributed by atoms with Crippen molar-refractivity contribution in [2.24, 2.45) is 0 Å². The number of hydrogen-bond acceptors (Lipinski definition) is 2. The second kappa shape index (κ2) is 11.3. The number of carbonyl (C=O) groups excluding carboxylic acids is 1. The Bertz CT molecular complexity index is 1060. The summed E-state index contributed by atoms with van der Waals surface area (Å²) in [7, 11) is 0. The van der Waals surface area contributed by atoms with Crippen molar-refractivity contribution in [2.75, 3.05) is 5.32 Å². The average Bonchev–Trinajstić information content (AvgIpc) is 3.11.